The number of nitrogens with two attached hydrogens (primary N) is 1. The molecule has 0 amide bonds. The minimum Gasteiger partial charge on any atom is -0.264 e. The van der Waals surface area contributed by atoms with E-state index in [-0.39, 0.29) is 0 Å². The van der Waals surface area contributed by atoms with Gasteiger partial charge in [0.1, 0.15) is 0 Å². The molecule has 1 aromatic heterocycles. The largest absolute Gasteiger partial charge is 0.264 e. The van der Waals surface area contributed by atoms with Gasteiger partial charge in [-0.3, -0.25) is 9.86 Å². The first-order valence-corrected chi connectivity index (χ1v) is 8.24. The maximum Gasteiger partial charge on any atom is 0.0932 e. The van der Waals surface area contributed by atoms with Crippen molar-refractivity contribution in [3.05, 3.63) is 40.7 Å². The van der Waals surface area contributed by atoms with Gasteiger partial charge in [0.2, 0.25) is 0 Å². The molecule has 2 rings (SSSR count). The fourth-order valence-corrected chi connectivity index (χ4v) is 2.99. The maximum atomic E-state index is 5.29. The van der Waals surface area contributed by atoms with Crippen LogP contribution in [0.25, 0.3) is 11.3 Å². The average Bonchev–Trinajstić information content (AvgIpc) is 2.92. The van der Waals surface area contributed by atoms with Gasteiger partial charge in [-0.15, -0.1) is 11.3 Å². The van der Waals surface area contributed by atoms with Crippen LogP contribution in [0.15, 0.2) is 35.7 Å². The van der Waals surface area contributed by atoms with E-state index in [0.717, 1.165) is 18.7 Å². The van der Waals surface area contributed by atoms with Crippen molar-refractivity contribution in [1.82, 2.24) is 9.71 Å². The normalized spacial score (nSPS) is 10.8. The van der Waals surface area contributed by atoms with Crippen molar-refractivity contribution in [3.63, 3.8) is 0 Å². The van der Waals surface area contributed by atoms with Crippen LogP contribution in [-0.4, -0.2) is 11.5 Å². The van der Waals surface area contributed by atoms with Crippen LogP contribution in [0.2, 0.25) is 0 Å². The summed E-state index contributed by atoms with van der Waals surface area (Å²) in [7, 11) is 0. The van der Waals surface area contributed by atoms with Crippen molar-refractivity contribution >= 4 is 23.5 Å². The number of benzene rings is 1. The van der Waals surface area contributed by atoms with Gasteiger partial charge in [0.15, 0.2) is 0 Å². The standard InChI is InChI=1S/C14H19N3S2/c15-19-16-10-6-2-5-9-14-17-13(11-18-14)12-7-3-1-4-8-12/h1,3-4,7-8,11,16H,2,5-6,9-10,15H2. The van der Waals surface area contributed by atoms with Crippen LogP contribution in [-0.2, 0) is 6.42 Å². The Morgan fingerprint density at radius 3 is 2.79 bits per heavy atom. The summed E-state index contributed by atoms with van der Waals surface area (Å²) in [5.41, 5.74) is 2.30. The summed E-state index contributed by atoms with van der Waals surface area (Å²) in [4.78, 5) is 4.69. The molecule has 0 saturated heterocycles. The zero-order valence-electron chi connectivity index (χ0n) is 10.8. The van der Waals surface area contributed by atoms with Crippen LogP contribution in [0.5, 0.6) is 0 Å². The monoisotopic (exact) mass is 293 g/mol. The maximum absolute atomic E-state index is 5.29. The highest BCUT2D eigenvalue weighted by Gasteiger charge is 2.03. The molecule has 0 fully saturated rings. The van der Waals surface area contributed by atoms with Crippen molar-refractivity contribution in [2.75, 3.05) is 6.54 Å². The quantitative estimate of drug-likeness (QED) is 0.576. The van der Waals surface area contributed by atoms with Crippen LogP contribution in [0.3, 0.4) is 0 Å². The van der Waals surface area contributed by atoms with E-state index in [1.165, 1.54) is 42.0 Å². The predicted molar refractivity (Wildman–Crippen MR) is 84.9 cm³/mol. The van der Waals surface area contributed by atoms with Gasteiger partial charge in [-0.2, -0.15) is 0 Å². The highest BCUT2D eigenvalue weighted by atomic mass is 32.2. The Bertz CT molecular complexity index is 471. The van der Waals surface area contributed by atoms with Crippen molar-refractivity contribution in [2.24, 2.45) is 5.14 Å². The molecule has 0 unspecified atom stereocenters. The number of rotatable bonds is 8. The van der Waals surface area contributed by atoms with Gasteiger partial charge in [-0.25, -0.2) is 4.98 Å². The number of unbranched alkanes of at least 4 members (excludes halogenated alkanes) is 2. The topological polar surface area (TPSA) is 50.9 Å². The van der Waals surface area contributed by atoms with Gasteiger partial charge in [-0.1, -0.05) is 36.8 Å². The molecule has 5 heteroatoms. The Kier molecular flexibility index (Phi) is 6.36. The highest BCUT2D eigenvalue weighted by Crippen LogP contribution is 2.22. The van der Waals surface area contributed by atoms with Gasteiger partial charge in [-0.05, 0) is 19.3 Å². The number of hydrogen-bond acceptors (Lipinski definition) is 5. The minimum absolute atomic E-state index is 0.980. The van der Waals surface area contributed by atoms with E-state index < -0.39 is 0 Å². The third kappa shape index (κ3) is 4.95. The van der Waals surface area contributed by atoms with E-state index in [1.807, 2.05) is 6.07 Å². The molecule has 0 saturated carbocycles. The third-order valence-electron chi connectivity index (χ3n) is 2.87. The van der Waals surface area contributed by atoms with Crippen molar-refractivity contribution < 1.29 is 0 Å². The zero-order valence-corrected chi connectivity index (χ0v) is 12.5. The van der Waals surface area contributed by atoms with Crippen molar-refractivity contribution in [3.8, 4) is 11.3 Å². The Morgan fingerprint density at radius 1 is 1.16 bits per heavy atom. The van der Waals surface area contributed by atoms with Crippen LogP contribution >= 0.6 is 23.5 Å². The van der Waals surface area contributed by atoms with Gasteiger partial charge >= 0.3 is 0 Å². The number of nitrogens with one attached hydrogen (secondary N) is 1. The lowest BCUT2D eigenvalue weighted by Crippen LogP contribution is -2.08. The van der Waals surface area contributed by atoms with Gasteiger partial charge in [0, 0.05) is 29.6 Å². The smallest absolute Gasteiger partial charge is 0.0932 e. The molecule has 19 heavy (non-hydrogen) atoms. The van der Waals surface area contributed by atoms with Crippen LogP contribution in [0.1, 0.15) is 24.3 Å². The Balaban J connectivity index is 1.75. The molecule has 0 aliphatic heterocycles. The van der Waals surface area contributed by atoms with E-state index in [1.54, 1.807) is 11.3 Å². The molecule has 1 heterocycles. The lowest BCUT2D eigenvalue weighted by Gasteiger charge is -1.99. The first-order valence-electron chi connectivity index (χ1n) is 6.48. The molecule has 3 nitrogen and oxygen atoms in total. The van der Waals surface area contributed by atoms with Gasteiger partial charge < -0.3 is 0 Å². The minimum atomic E-state index is 0.980. The SMILES string of the molecule is NSNCCCCCc1nc(-c2ccccc2)cs1. The summed E-state index contributed by atoms with van der Waals surface area (Å²) in [6.07, 6.45) is 4.65. The summed E-state index contributed by atoms with van der Waals surface area (Å²) in [6, 6.07) is 10.3. The molecule has 2 aromatic rings. The molecule has 0 spiro atoms. The molecule has 3 N–H and O–H groups in total. The Morgan fingerprint density at radius 2 is 2.00 bits per heavy atom. The summed E-state index contributed by atoms with van der Waals surface area (Å²) >= 11 is 2.96. The summed E-state index contributed by atoms with van der Waals surface area (Å²) < 4.78 is 3.05. The first kappa shape index (κ1) is 14.5. The Labute approximate surface area is 122 Å². The van der Waals surface area contributed by atoms with E-state index in [0.29, 0.717) is 0 Å². The lowest BCUT2D eigenvalue weighted by atomic mass is 10.2. The van der Waals surface area contributed by atoms with Gasteiger partial charge in [0.05, 0.1) is 10.7 Å². The Hall–Kier alpha value is -0.880. The number of hydrogen-bond donors (Lipinski definition) is 2. The van der Waals surface area contributed by atoms with Crippen LogP contribution < -0.4 is 9.86 Å². The van der Waals surface area contributed by atoms with Crippen LogP contribution in [0, 0.1) is 0 Å². The second-order valence-corrected chi connectivity index (χ2v) is 5.78. The fraction of sp³-hybridized carbons (Fsp3) is 0.357. The zero-order chi connectivity index (χ0) is 13.3. The number of aromatic nitrogens is 1. The number of nitrogens with zero attached hydrogens (tertiary/aromatic N) is 1. The van der Waals surface area contributed by atoms with E-state index in [2.05, 4.69) is 34.4 Å². The predicted octanol–water partition coefficient (Wildman–Crippen LogP) is 3.63. The van der Waals surface area contributed by atoms with E-state index >= 15 is 0 Å². The molecular formula is C14H19N3S2. The second-order valence-electron chi connectivity index (χ2n) is 4.32. The molecule has 0 bridgehead atoms. The average molecular weight is 293 g/mol. The summed E-state index contributed by atoms with van der Waals surface area (Å²) in [6.45, 7) is 0.980. The first-order chi connectivity index (χ1) is 9.40. The number of aryl methyl sites for hydroxylation is 1. The molecule has 0 radical (unpaired) electrons. The molecule has 102 valence electrons. The molecular weight excluding hydrogens is 274 g/mol. The van der Waals surface area contributed by atoms with Crippen molar-refractivity contribution in [1.29, 1.82) is 0 Å². The lowest BCUT2D eigenvalue weighted by molar-refractivity contribution is 0.672. The molecule has 0 atom stereocenters. The fourth-order valence-electron chi connectivity index (χ4n) is 1.88. The summed E-state index contributed by atoms with van der Waals surface area (Å²) in [5.74, 6) is 0. The van der Waals surface area contributed by atoms with E-state index in [4.69, 9.17) is 10.1 Å². The summed E-state index contributed by atoms with van der Waals surface area (Å²) in [5, 5.41) is 8.68. The second kappa shape index (κ2) is 8.32. The van der Waals surface area contributed by atoms with E-state index in [9.17, 15) is 0 Å². The number of thiazole rings is 1. The van der Waals surface area contributed by atoms with Crippen molar-refractivity contribution in [2.45, 2.75) is 25.7 Å². The molecule has 1 aromatic carbocycles. The molecule has 0 aliphatic rings. The van der Waals surface area contributed by atoms with Gasteiger partial charge in [0.25, 0.3) is 0 Å². The van der Waals surface area contributed by atoms with Crippen LogP contribution in [0.4, 0.5) is 0 Å². The molecule has 0 aliphatic carbocycles. The third-order valence-corrected chi connectivity index (χ3v) is 4.15. The highest BCUT2D eigenvalue weighted by molar-refractivity contribution is 7.95.